The number of ether oxygens (including phenoxy) is 1. The molecule has 0 saturated carbocycles. The Morgan fingerprint density at radius 3 is 2.60 bits per heavy atom. The molecule has 0 saturated heterocycles. The van der Waals surface area contributed by atoms with Gasteiger partial charge in [0.15, 0.2) is 0 Å². The second-order valence-corrected chi connectivity index (χ2v) is 5.72. The van der Waals surface area contributed by atoms with Crippen molar-refractivity contribution in [2.75, 3.05) is 20.8 Å². The number of nitrogens with one attached hydrogen (secondary N) is 1. The summed E-state index contributed by atoms with van der Waals surface area (Å²) in [6.07, 6.45) is 3.15. The highest BCUT2D eigenvalue weighted by Gasteiger charge is 2.25. The average molecular weight is 337 g/mol. The normalized spacial score (nSPS) is 12.1. The van der Waals surface area contributed by atoms with E-state index in [1.807, 2.05) is 24.3 Å². The number of fused-ring (bicyclic) bond motifs is 1. The fourth-order valence-corrected chi connectivity index (χ4v) is 2.84. The van der Waals surface area contributed by atoms with Crippen molar-refractivity contribution in [3.05, 3.63) is 76.5 Å². The highest BCUT2D eigenvalue weighted by molar-refractivity contribution is 6.06. The third-order valence-corrected chi connectivity index (χ3v) is 4.18. The van der Waals surface area contributed by atoms with Crippen LogP contribution >= 0.6 is 0 Å². The molecule has 3 aromatic rings. The van der Waals surface area contributed by atoms with Gasteiger partial charge in [0.1, 0.15) is 0 Å². The molecule has 1 N–H and O–H groups in total. The zero-order valence-electron chi connectivity index (χ0n) is 14.1. The summed E-state index contributed by atoms with van der Waals surface area (Å²) < 4.78 is 5.28. The van der Waals surface area contributed by atoms with E-state index in [2.05, 4.69) is 9.97 Å². The van der Waals surface area contributed by atoms with Crippen LogP contribution in [-0.4, -0.2) is 41.5 Å². The van der Waals surface area contributed by atoms with E-state index in [1.54, 1.807) is 43.5 Å². The van der Waals surface area contributed by atoms with Gasteiger partial charge in [0.2, 0.25) is 0 Å². The Labute approximate surface area is 145 Å². The molecule has 2 aromatic heterocycles. The topological polar surface area (TPSA) is 75.3 Å². The van der Waals surface area contributed by atoms with Gasteiger partial charge in [-0.05, 0) is 18.2 Å². The van der Waals surface area contributed by atoms with Crippen LogP contribution in [0.5, 0.6) is 0 Å². The number of pyridine rings is 2. The second-order valence-electron chi connectivity index (χ2n) is 5.72. The van der Waals surface area contributed by atoms with Crippen LogP contribution in [0.4, 0.5) is 0 Å². The Balaban J connectivity index is 2.02. The summed E-state index contributed by atoms with van der Waals surface area (Å²) in [5.74, 6) is -0.208. The number of hydrogen-bond donors (Lipinski definition) is 1. The Morgan fingerprint density at radius 2 is 1.92 bits per heavy atom. The van der Waals surface area contributed by atoms with Gasteiger partial charge >= 0.3 is 0 Å². The van der Waals surface area contributed by atoms with E-state index >= 15 is 0 Å². The first-order valence-corrected chi connectivity index (χ1v) is 7.91. The van der Waals surface area contributed by atoms with Crippen LogP contribution in [0.3, 0.4) is 0 Å². The maximum atomic E-state index is 13.1. The summed E-state index contributed by atoms with van der Waals surface area (Å²) >= 11 is 0. The quantitative estimate of drug-likeness (QED) is 0.776. The van der Waals surface area contributed by atoms with Crippen molar-refractivity contribution in [2.24, 2.45) is 0 Å². The molecule has 1 amide bonds. The maximum absolute atomic E-state index is 13.1. The Morgan fingerprint density at radius 1 is 1.20 bits per heavy atom. The third kappa shape index (κ3) is 3.29. The molecule has 0 radical (unpaired) electrons. The van der Waals surface area contributed by atoms with Crippen molar-refractivity contribution in [1.29, 1.82) is 0 Å². The molecule has 1 aromatic carbocycles. The van der Waals surface area contributed by atoms with Gasteiger partial charge in [-0.25, -0.2) is 0 Å². The predicted octanol–water partition coefficient (Wildman–Crippen LogP) is 2.38. The van der Waals surface area contributed by atoms with E-state index in [1.165, 1.54) is 6.20 Å². The Kier molecular flexibility index (Phi) is 4.90. The number of aromatic nitrogens is 2. The molecule has 0 fully saturated rings. The molecule has 25 heavy (non-hydrogen) atoms. The number of aromatic amines is 1. The molecule has 1 atom stereocenters. The van der Waals surface area contributed by atoms with E-state index in [9.17, 15) is 9.59 Å². The first kappa shape index (κ1) is 16.9. The number of nitrogens with zero attached hydrogens (tertiary/aromatic N) is 2. The van der Waals surface area contributed by atoms with Crippen molar-refractivity contribution in [3.63, 3.8) is 0 Å². The smallest absolute Gasteiger partial charge is 0.256 e. The van der Waals surface area contributed by atoms with E-state index in [4.69, 9.17) is 4.74 Å². The van der Waals surface area contributed by atoms with Crippen molar-refractivity contribution < 1.29 is 9.53 Å². The van der Waals surface area contributed by atoms with Crippen LogP contribution in [0.2, 0.25) is 0 Å². The summed E-state index contributed by atoms with van der Waals surface area (Å²) in [6.45, 7) is 0.320. The van der Waals surface area contributed by atoms with Crippen LogP contribution in [0.1, 0.15) is 22.1 Å². The number of H-pyrrole nitrogens is 1. The van der Waals surface area contributed by atoms with Gasteiger partial charge < -0.3 is 14.6 Å². The number of amides is 1. The molecular weight excluding hydrogens is 318 g/mol. The maximum Gasteiger partial charge on any atom is 0.256 e. The van der Waals surface area contributed by atoms with Crippen molar-refractivity contribution in [1.82, 2.24) is 14.9 Å². The van der Waals surface area contributed by atoms with Crippen molar-refractivity contribution in [2.45, 2.75) is 6.04 Å². The highest BCUT2D eigenvalue weighted by Crippen LogP contribution is 2.22. The lowest BCUT2D eigenvalue weighted by molar-refractivity contribution is 0.0596. The molecule has 0 spiro atoms. The van der Waals surface area contributed by atoms with E-state index in [-0.39, 0.29) is 17.5 Å². The minimum Gasteiger partial charge on any atom is -0.382 e. The molecule has 6 nitrogen and oxygen atoms in total. The third-order valence-electron chi connectivity index (χ3n) is 4.18. The molecule has 1 unspecified atom stereocenters. The van der Waals surface area contributed by atoms with Crippen molar-refractivity contribution in [3.8, 4) is 0 Å². The number of benzene rings is 1. The van der Waals surface area contributed by atoms with Crippen LogP contribution in [0.15, 0.2) is 59.7 Å². The monoisotopic (exact) mass is 337 g/mol. The van der Waals surface area contributed by atoms with Crippen LogP contribution in [-0.2, 0) is 4.74 Å². The molecule has 6 heteroatoms. The molecule has 0 aliphatic rings. The number of likely N-dealkylation sites (N-methyl/N-ethyl adjacent to an activating group) is 1. The number of hydrogen-bond acceptors (Lipinski definition) is 4. The first-order valence-electron chi connectivity index (χ1n) is 7.91. The fourth-order valence-electron chi connectivity index (χ4n) is 2.84. The number of carbonyl (C=O) groups excluding carboxylic acids is 1. The zero-order chi connectivity index (χ0) is 17.8. The Hall–Kier alpha value is -2.99. The summed E-state index contributed by atoms with van der Waals surface area (Å²) in [5.41, 5.74) is 0.969. The van der Waals surface area contributed by atoms with Crippen molar-refractivity contribution >= 4 is 16.7 Å². The summed E-state index contributed by atoms with van der Waals surface area (Å²) in [5, 5.41) is 1.11. The molecule has 2 heterocycles. The van der Waals surface area contributed by atoms with E-state index < -0.39 is 0 Å². The molecular formula is C19H19N3O3. The lowest BCUT2D eigenvalue weighted by Crippen LogP contribution is -2.34. The van der Waals surface area contributed by atoms with Gasteiger partial charge in [0.05, 0.1) is 23.9 Å². The predicted molar refractivity (Wildman–Crippen MR) is 95.5 cm³/mol. The van der Waals surface area contributed by atoms with E-state index in [0.717, 1.165) is 5.69 Å². The number of carbonyl (C=O) groups is 1. The highest BCUT2D eigenvalue weighted by atomic mass is 16.5. The van der Waals surface area contributed by atoms with Gasteiger partial charge in [0.25, 0.3) is 11.5 Å². The zero-order valence-corrected chi connectivity index (χ0v) is 14.1. The summed E-state index contributed by atoms with van der Waals surface area (Å²) in [6, 6.07) is 12.3. The van der Waals surface area contributed by atoms with Gasteiger partial charge in [-0.1, -0.05) is 24.3 Å². The van der Waals surface area contributed by atoms with Gasteiger partial charge in [-0.15, -0.1) is 0 Å². The minimum absolute atomic E-state index is 0.208. The second kappa shape index (κ2) is 7.27. The lowest BCUT2D eigenvalue weighted by Gasteiger charge is -2.27. The standard InChI is InChI=1S/C19H19N3O3/c1-22(17(12-25-2)16-9-5-6-10-20-16)19(24)15-11-21-18(23)14-8-4-3-7-13(14)15/h3-11,17H,12H2,1-2H3,(H,21,23). The summed E-state index contributed by atoms with van der Waals surface area (Å²) in [4.78, 5) is 33.6. The first-order chi connectivity index (χ1) is 12.1. The van der Waals surface area contributed by atoms with E-state index in [0.29, 0.717) is 22.9 Å². The Bertz CT molecular complexity index is 937. The number of rotatable bonds is 5. The van der Waals surface area contributed by atoms with Crippen LogP contribution in [0.25, 0.3) is 10.8 Å². The molecule has 128 valence electrons. The lowest BCUT2D eigenvalue weighted by atomic mass is 10.1. The van der Waals surface area contributed by atoms with Crippen LogP contribution < -0.4 is 5.56 Å². The fraction of sp³-hybridized carbons (Fsp3) is 0.211. The molecule has 0 bridgehead atoms. The molecule has 3 rings (SSSR count). The molecule has 0 aliphatic heterocycles. The largest absolute Gasteiger partial charge is 0.382 e. The van der Waals surface area contributed by atoms with Crippen LogP contribution in [0, 0.1) is 0 Å². The SMILES string of the molecule is COCC(c1ccccn1)N(C)C(=O)c1c[nH]c(=O)c2ccccc12. The minimum atomic E-state index is -0.329. The van der Waals surface area contributed by atoms with Gasteiger partial charge in [-0.3, -0.25) is 14.6 Å². The molecule has 0 aliphatic carbocycles. The average Bonchev–Trinajstić information content (AvgIpc) is 2.66. The number of methoxy groups -OCH3 is 1. The summed E-state index contributed by atoms with van der Waals surface area (Å²) in [7, 11) is 3.30. The van der Waals surface area contributed by atoms with Gasteiger partial charge in [-0.2, -0.15) is 0 Å². The van der Waals surface area contributed by atoms with Gasteiger partial charge in [0, 0.05) is 37.3 Å².